The minimum Gasteiger partial charge on any atom is -0.497 e. The van der Waals surface area contributed by atoms with Gasteiger partial charge in [0.2, 0.25) is 0 Å². The largest absolute Gasteiger partial charge is 0.497 e. The molecule has 0 N–H and O–H groups in total. The number of nitriles is 1. The van der Waals surface area contributed by atoms with Crippen LogP contribution in [0, 0.1) is 16.7 Å². The van der Waals surface area contributed by atoms with Gasteiger partial charge in [0, 0.05) is 0 Å². The second-order valence-corrected chi connectivity index (χ2v) is 6.01. The first-order valence-corrected chi connectivity index (χ1v) is 6.52. The van der Waals surface area contributed by atoms with Crippen molar-refractivity contribution in [2.24, 2.45) is 5.41 Å². The van der Waals surface area contributed by atoms with E-state index in [2.05, 4.69) is 44.2 Å². The highest BCUT2D eigenvalue weighted by molar-refractivity contribution is 5.85. The van der Waals surface area contributed by atoms with Crippen LogP contribution in [0.25, 0.3) is 10.8 Å². The molecule has 1 atom stereocenters. The fourth-order valence-corrected chi connectivity index (χ4v) is 2.98. The van der Waals surface area contributed by atoms with Gasteiger partial charge in [-0.15, -0.1) is 0 Å². The molecule has 0 aromatic heterocycles. The number of methoxy groups -OCH3 is 1. The van der Waals surface area contributed by atoms with Crippen molar-refractivity contribution < 1.29 is 4.74 Å². The minimum atomic E-state index is -0.304. The summed E-state index contributed by atoms with van der Waals surface area (Å²) >= 11 is 0. The zero-order valence-electron chi connectivity index (χ0n) is 11.5. The van der Waals surface area contributed by atoms with E-state index in [1.165, 1.54) is 0 Å². The van der Waals surface area contributed by atoms with Crippen LogP contribution in [-0.4, -0.2) is 7.11 Å². The van der Waals surface area contributed by atoms with Crippen molar-refractivity contribution >= 4 is 10.8 Å². The quantitative estimate of drug-likeness (QED) is 0.807. The van der Waals surface area contributed by atoms with Crippen LogP contribution >= 0.6 is 0 Å². The van der Waals surface area contributed by atoms with Crippen molar-refractivity contribution in [3.05, 3.63) is 42.0 Å². The van der Waals surface area contributed by atoms with Crippen molar-refractivity contribution in [3.63, 3.8) is 0 Å². The van der Waals surface area contributed by atoms with Crippen LogP contribution < -0.4 is 4.74 Å². The molecule has 2 heteroatoms. The number of hydrogen-bond donors (Lipinski definition) is 0. The predicted molar refractivity (Wildman–Crippen MR) is 76.2 cm³/mol. The Kier molecular flexibility index (Phi) is 2.37. The van der Waals surface area contributed by atoms with Gasteiger partial charge in [-0.05, 0) is 46.4 Å². The molecule has 0 heterocycles. The molecule has 0 radical (unpaired) electrons. The zero-order valence-corrected chi connectivity index (χ0v) is 11.5. The van der Waals surface area contributed by atoms with Gasteiger partial charge in [0.1, 0.15) is 5.75 Å². The molecule has 1 saturated carbocycles. The van der Waals surface area contributed by atoms with Crippen molar-refractivity contribution in [2.45, 2.75) is 25.7 Å². The van der Waals surface area contributed by atoms with E-state index in [0.717, 1.165) is 28.5 Å². The summed E-state index contributed by atoms with van der Waals surface area (Å²) in [4.78, 5) is 0. The first-order valence-electron chi connectivity index (χ1n) is 6.52. The maximum Gasteiger partial charge on any atom is 0.119 e. The molecule has 3 rings (SSSR count). The standard InChI is InChI=1S/C17H17NO/c1-16(2)10-17(16,11-18)14-6-4-13-9-15(19-3)7-5-12(13)8-14/h4-9H,10H2,1-3H3. The topological polar surface area (TPSA) is 33.0 Å². The maximum absolute atomic E-state index is 9.53. The Bertz CT molecular complexity index is 696. The van der Waals surface area contributed by atoms with Crippen molar-refractivity contribution in [2.75, 3.05) is 7.11 Å². The molecular weight excluding hydrogens is 234 g/mol. The molecule has 2 aromatic rings. The summed E-state index contributed by atoms with van der Waals surface area (Å²) in [7, 11) is 1.67. The summed E-state index contributed by atoms with van der Waals surface area (Å²) in [6, 6.07) is 14.9. The number of hydrogen-bond acceptors (Lipinski definition) is 2. The first kappa shape index (κ1) is 12.0. The summed E-state index contributed by atoms with van der Waals surface area (Å²) in [5.41, 5.74) is 0.917. The van der Waals surface area contributed by atoms with E-state index in [0.29, 0.717) is 0 Å². The van der Waals surface area contributed by atoms with E-state index >= 15 is 0 Å². The molecule has 0 bridgehead atoms. The molecule has 1 aliphatic carbocycles. The van der Waals surface area contributed by atoms with Crippen molar-refractivity contribution in [1.29, 1.82) is 5.26 Å². The normalized spacial score (nSPS) is 23.9. The van der Waals surface area contributed by atoms with Gasteiger partial charge in [-0.25, -0.2) is 0 Å². The first-order chi connectivity index (χ1) is 9.02. The Hall–Kier alpha value is -2.01. The van der Waals surface area contributed by atoms with Crippen LogP contribution in [0.4, 0.5) is 0 Å². The van der Waals surface area contributed by atoms with Crippen LogP contribution in [-0.2, 0) is 5.41 Å². The molecule has 0 aliphatic heterocycles. The number of benzene rings is 2. The molecule has 0 saturated heterocycles. The van der Waals surface area contributed by atoms with Gasteiger partial charge in [0.25, 0.3) is 0 Å². The number of rotatable bonds is 2. The Labute approximate surface area is 113 Å². The molecular formula is C17H17NO. The average molecular weight is 251 g/mol. The summed E-state index contributed by atoms with van der Waals surface area (Å²) in [6.45, 7) is 4.32. The molecule has 1 unspecified atom stereocenters. The van der Waals surface area contributed by atoms with Gasteiger partial charge in [-0.2, -0.15) is 5.26 Å². The van der Waals surface area contributed by atoms with Gasteiger partial charge in [0.05, 0.1) is 18.6 Å². The predicted octanol–water partition coefficient (Wildman–Crippen LogP) is 4.04. The lowest BCUT2D eigenvalue weighted by Crippen LogP contribution is -2.11. The van der Waals surface area contributed by atoms with Gasteiger partial charge in [0.15, 0.2) is 0 Å². The molecule has 2 nitrogen and oxygen atoms in total. The van der Waals surface area contributed by atoms with E-state index in [9.17, 15) is 5.26 Å². The highest BCUT2D eigenvalue weighted by atomic mass is 16.5. The van der Waals surface area contributed by atoms with Crippen LogP contribution in [0.1, 0.15) is 25.8 Å². The van der Waals surface area contributed by atoms with E-state index in [-0.39, 0.29) is 10.8 Å². The maximum atomic E-state index is 9.53. The molecule has 96 valence electrons. The average Bonchev–Trinajstić information content (AvgIpc) is 3.01. The fraction of sp³-hybridized carbons (Fsp3) is 0.353. The Morgan fingerprint density at radius 1 is 1.11 bits per heavy atom. The minimum absolute atomic E-state index is 0.0852. The van der Waals surface area contributed by atoms with E-state index < -0.39 is 0 Å². The summed E-state index contributed by atoms with van der Waals surface area (Å²) in [5.74, 6) is 0.863. The van der Waals surface area contributed by atoms with Crippen LogP contribution in [0.5, 0.6) is 5.75 Å². The molecule has 1 fully saturated rings. The van der Waals surface area contributed by atoms with Crippen LogP contribution in [0.2, 0.25) is 0 Å². The molecule has 0 spiro atoms. The van der Waals surface area contributed by atoms with Crippen molar-refractivity contribution in [1.82, 2.24) is 0 Å². The highest BCUT2D eigenvalue weighted by Crippen LogP contribution is 2.64. The smallest absolute Gasteiger partial charge is 0.119 e. The summed E-state index contributed by atoms with van der Waals surface area (Å²) < 4.78 is 5.23. The summed E-state index contributed by atoms with van der Waals surface area (Å²) in [6.07, 6.45) is 0.943. The Morgan fingerprint density at radius 3 is 2.32 bits per heavy atom. The monoisotopic (exact) mass is 251 g/mol. The van der Waals surface area contributed by atoms with Crippen LogP contribution in [0.15, 0.2) is 36.4 Å². The molecule has 1 aliphatic rings. The van der Waals surface area contributed by atoms with Gasteiger partial charge in [-0.3, -0.25) is 0 Å². The van der Waals surface area contributed by atoms with Gasteiger partial charge >= 0.3 is 0 Å². The van der Waals surface area contributed by atoms with Gasteiger partial charge in [-0.1, -0.05) is 32.0 Å². The molecule has 19 heavy (non-hydrogen) atoms. The van der Waals surface area contributed by atoms with E-state index in [1.54, 1.807) is 7.11 Å². The number of nitrogens with zero attached hydrogens (tertiary/aromatic N) is 1. The lowest BCUT2D eigenvalue weighted by Gasteiger charge is -2.13. The third kappa shape index (κ3) is 1.62. The third-order valence-electron chi connectivity index (χ3n) is 4.47. The Morgan fingerprint density at radius 2 is 1.74 bits per heavy atom. The summed E-state index contributed by atoms with van der Waals surface area (Å²) in [5, 5.41) is 11.8. The highest BCUT2D eigenvalue weighted by Gasteiger charge is 2.63. The number of ether oxygens (including phenoxy) is 1. The van der Waals surface area contributed by atoms with E-state index in [4.69, 9.17) is 4.74 Å². The van der Waals surface area contributed by atoms with Crippen LogP contribution in [0.3, 0.4) is 0 Å². The fourth-order valence-electron chi connectivity index (χ4n) is 2.98. The molecule has 2 aromatic carbocycles. The zero-order chi connectivity index (χ0) is 13.7. The number of fused-ring (bicyclic) bond motifs is 1. The van der Waals surface area contributed by atoms with Gasteiger partial charge < -0.3 is 4.74 Å². The van der Waals surface area contributed by atoms with Crippen molar-refractivity contribution in [3.8, 4) is 11.8 Å². The second kappa shape index (κ2) is 3.74. The van der Waals surface area contributed by atoms with E-state index in [1.807, 2.05) is 12.1 Å². The lowest BCUT2D eigenvalue weighted by atomic mass is 9.88. The third-order valence-corrected chi connectivity index (χ3v) is 4.47. The SMILES string of the molecule is COc1ccc2cc(C3(C#N)CC3(C)C)ccc2c1. The Balaban J connectivity index is 2.11. The molecule has 0 amide bonds. The lowest BCUT2D eigenvalue weighted by molar-refractivity contribution is 0.415. The second-order valence-electron chi connectivity index (χ2n) is 6.01.